The summed E-state index contributed by atoms with van der Waals surface area (Å²) >= 11 is 5.92. The number of hydrogen-bond acceptors (Lipinski definition) is 5. The Hall–Kier alpha value is -3.04. The van der Waals surface area contributed by atoms with Gasteiger partial charge in [-0.2, -0.15) is 0 Å². The van der Waals surface area contributed by atoms with Gasteiger partial charge >= 0.3 is 5.97 Å². The number of nitrogens with one attached hydrogen (secondary N) is 1. The summed E-state index contributed by atoms with van der Waals surface area (Å²) in [7, 11) is -2.09. The number of fused-ring (bicyclic) bond motifs is 6. The molecule has 1 aliphatic rings. The number of carbonyl (C=O) groups is 1. The van der Waals surface area contributed by atoms with Gasteiger partial charge in [-0.25, -0.2) is 22.8 Å². The highest BCUT2D eigenvalue weighted by molar-refractivity contribution is 7.86. The van der Waals surface area contributed by atoms with Gasteiger partial charge in [0.1, 0.15) is 35.8 Å². The zero-order valence-corrected chi connectivity index (χ0v) is 16.7. The maximum Gasteiger partial charge on any atom is 0.338 e. The molecule has 1 atom stereocenters. The molecule has 30 heavy (non-hydrogen) atoms. The van der Waals surface area contributed by atoms with Crippen LogP contribution in [0.15, 0.2) is 53.6 Å². The standard InChI is InChI=1S/C20H13ClF2N2O4S/c21-18-7-11-8-19(24-18)30(27)25-16-9-13(14(22)10-15(16)23)12-3-1-2-4-17(12)28-5-6-29-20(11)26/h1-4,7-10,25H,5-6H2. The van der Waals surface area contributed by atoms with Crippen LogP contribution in [-0.4, -0.2) is 28.4 Å². The Kier molecular flexibility index (Phi) is 5.65. The molecule has 154 valence electrons. The molecule has 1 aliphatic heterocycles. The van der Waals surface area contributed by atoms with Crippen molar-refractivity contribution in [3.63, 3.8) is 0 Å². The van der Waals surface area contributed by atoms with Gasteiger partial charge in [0.05, 0.1) is 11.3 Å². The number of para-hydroxylation sites is 1. The number of ether oxygens (including phenoxy) is 2. The van der Waals surface area contributed by atoms with Gasteiger partial charge < -0.3 is 9.47 Å². The Labute approximate surface area is 177 Å². The van der Waals surface area contributed by atoms with Gasteiger partial charge in [-0.05, 0) is 24.3 Å². The average Bonchev–Trinajstić information content (AvgIpc) is 2.72. The first-order chi connectivity index (χ1) is 14.4. The lowest BCUT2D eigenvalue weighted by molar-refractivity contribution is 0.0450. The first kappa shape index (κ1) is 20.2. The summed E-state index contributed by atoms with van der Waals surface area (Å²) in [5.74, 6) is -2.18. The van der Waals surface area contributed by atoms with Crippen molar-refractivity contribution in [2.45, 2.75) is 5.03 Å². The SMILES string of the molecule is O=C1OCCOc2ccccc2-c2cc(c(F)cc2F)NS(=O)c2cc1cc(Cl)n2. The second-order valence-electron chi connectivity index (χ2n) is 6.18. The fourth-order valence-electron chi connectivity index (χ4n) is 2.86. The molecule has 0 fully saturated rings. The monoisotopic (exact) mass is 450 g/mol. The van der Waals surface area contributed by atoms with E-state index >= 15 is 0 Å². The van der Waals surface area contributed by atoms with Crippen molar-refractivity contribution in [1.82, 2.24) is 4.98 Å². The van der Waals surface area contributed by atoms with E-state index in [2.05, 4.69) is 9.71 Å². The number of benzene rings is 2. The summed E-state index contributed by atoms with van der Waals surface area (Å²) in [6.45, 7) is -0.102. The molecule has 0 radical (unpaired) electrons. The molecule has 2 heterocycles. The van der Waals surface area contributed by atoms with E-state index in [9.17, 15) is 17.8 Å². The number of esters is 1. The van der Waals surface area contributed by atoms with Gasteiger partial charge in [-0.3, -0.25) is 4.72 Å². The summed E-state index contributed by atoms with van der Waals surface area (Å²) in [6, 6.07) is 10.9. The number of halogens is 3. The summed E-state index contributed by atoms with van der Waals surface area (Å²) in [6.07, 6.45) is 0. The van der Waals surface area contributed by atoms with E-state index in [-0.39, 0.29) is 40.2 Å². The molecule has 2 aromatic carbocycles. The predicted molar refractivity (Wildman–Crippen MR) is 107 cm³/mol. The van der Waals surface area contributed by atoms with Crippen LogP contribution >= 0.6 is 11.6 Å². The highest BCUT2D eigenvalue weighted by Crippen LogP contribution is 2.35. The molecule has 0 amide bonds. The third-order valence-electron chi connectivity index (χ3n) is 4.21. The lowest BCUT2D eigenvalue weighted by Crippen LogP contribution is -2.14. The van der Waals surface area contributed by atoms with Crippen molar-refractivity contribution >= 4 is 34.2 Å². The Morgan fingerprint density at radius 2 is 1.77 bits per heavy atom. The topological polar surface area (TPSA) is 77.5 Å². The molecule has 1 unspecified atom stereocenters. The second kappa shape index (κ2) is 8.37. The van der Waals surface area contributed by atoms with Crippen molar-refractivity contribution in [3.05, 3.63) is 70.9 Å². The maximum atomic E-state index is 14.6. The molecular weight excluding hydrogens is 438 g/mol. The Bertz CT molecular complexity index is 1180. The Morgan fingerprint density at radius 3 is 2.60 bits per heavy atom. The number of carbonyl (C=O) groups excluding carboxylic acids is 1. The number of nitrogens with zero attached hydrogens (tertiary/aromatic N) is 1. The van der Waals surface area contributed by atoms with E-state index in [1.54, 1.807) is 24.3 Å². The first-order valence-corrected chi connectivity index (χ1v) is 10.2. The third kappa shape index (κ3) is 4.12. The first-order valence-electron chi connectivity index (χ1n) is 8.67. The van der Waals surface area contributed by atoms with Gasteiger partial charge in [0.15, 0.2) is 16.0 Å². The van der Waals surface area contributed by atoms with Gasteiger partial charge in [0.2, 0.25) is 0 Å². The Balaban J connectivity index is 1.85. The molecule has 4 bridgehead atoms. The van der Waals surface area contributed by atoms with Crippen LogP contribution in [0.1, 0.15) is 10.4 Å². The van der Waals surface area contributed by atoms with E-state index in [0.717, 1.165) is 0 Å². The molecule has 4 rings (SSSR count). The smallest absolute Gasteiger partial charge is 0.338 e. The van der Waals surface area contributed by atoms with Crippen LogP contribution in [0.25, 0.3) is 11.1 Å². The summed E-state index contributed by atoms with van der Waals surface area (Å²) in [5.41, 5.74) is 0.195. The molecule has 0 saturated carbocycles. The number of pyridine rings is 1. The van der Waals surface area contributed by atoms with Crippen LogP contribution in [0.4, 0.5) is 14.5 Å². The fraction of sp³-hybridized carbons (Fsp3) is 0.100. The van der Waals surface area contributed by atoms with E-state index in [0.29, 0.717) is 17.4 Å². The number of rotatable bonds is 0. The number of hydrogen-bond donors (Lipinski definition) is 1. The van der Waals surface area contributed by atoms with Crippen molar-refractivity contribution < 1.29 is 27.3 Å². The van der Waals surface area contributed by atoms with Crippen LogP contribution in [-0.2, 0) is 15.7 Å². The molecule has 0 aliphatic carbocycles. The number of aromatic nitrogens is 1. The van der Waals surface area contributed by atoms with Gasteiger partial charge in [-0.15, -0.1) is 0 Å². The molecule has 1 N–H and O–H groups in total. The van der Waals surface area contributed by atoms with Crippen LogP contribution in [0.5, 0.6) is 5.75 Å². The lowest BCUT2D eigenvalue weighted by Gasteiger charge is -2.14. The molecule has 0 spiro atoms. The normalized spacial score (nSPS) is 16.2. The number of cyclic esters (lactones) is 1. The molecule has 10 heteroatoms. The third-order valence-corrected chi connectivity index (χ3v) is 5.39. The predicted octanol–water partition coefficient (Wildman–Crippen LogP) is 4.36. The number of anilines is 1. The summed E-state index contributed by atoms with van der Waals surface area (Å²) in [4.78, 5) is 16.2. The average molecular weight is 451 g/mol. The fourth-order valence-corrected chi connectivity index (χ4v) is 3.99. The van der Waals surface area contributed by atoms with E-state index < -0.39 is 28.6 Å². The highest BCUT2D eigenvalue weighted by Gasteiger charge is 2.19. The minimum atomic E-state index is -2.09. The van der Waals surface area contributed by atoms with Crippen LogP contribution in [0.3, 0.4) is 0 Å². The maximum absolute atomic E-state index is 14.6. The van der Waals surface area contributed by atoms with Gasteiger partial charge in [0.25, 0.3) is 0 Å². The van der Waals surface area contributed by atoms with Gasteiger partial charge in [-0.1, -0.05) is 29.8 Å². The van der Waals surface area contributed by atoms with Crippen LogP contribution in [0, 0.1) is 11.6 Å². The van der Waals surface area contributed by atoms with Crippen LogP contribution < -0.4 is 9.46 Å². The van der Waals surface area contributed by atoms with E-state index in [4.69, 9.17) is 21.1 Å². The minimum Gasteiger partial charge on any atom is -0.489 e. The summed E-state index contributed by atoms with van der Waals surface area (Å²) in [5, 5.41) is -0.214. The minimum absolute atomic E-state index is 0.00568. The zero-order valence-electron chi connectivity index (χ0n) is 15.2. The lowest BCUT2D eigenvalue weighted by atomic mass is 10.0. The highest BCUT2D eigenvalue weighted by atomic mass is 35.5. The molecule has 1 aromatic heterocycles. The van der Waals surface area contributed by atoms with E-state index in [1.165, 1.54) is 18.2 Å². The largest absolute Gasteiger partial charge is 0.489 e. The molecule has 0 saturated heterocycles. The molecule has 6 nitrogen and oxygen atoms in total. The van der Waals surface area contributed by atoms with Crippen molar-refractivity contribution in [1.29, 1.82) is 0 Å². The van der Waals surface area contributed by atoms with Crippen molar-refractivity contribution in [2.75, 3.05) is 17.9 Å². The quantitative estimate of drug-likeness (QED) is 0.406. The second-order valence-corrected chi connectivity index (χ2v) is 7.73. The summed E-state index contributed by atoms with van der Waals surface area (Å²) < 4.78 is 54.9. The molecule has 3 aromatic rings. The van der Waals surface area contributed by atoms with E-state index in [1.807, 2.05) is 0 Å². The van der Waals surface area contributed by atoms with Crippen LogP contribution in [0.2, 0.25) is 5.15 Å². The zero-order chi connectivity index (χ0) is 21.3. The van der Waals surface area contributed by atoms with Crippen molar-refractivity contribution in [3.8, 4) is 16.9 Å². The Morgan fingerprint density at radius 1 is 1.00 bits per heavy atom. The molecular formula is C20H13ClF2N2O4S. The van der Waals surface area contributed by atoms with Gasteiger partial charge in [0, 0.05) is 17.2 Å². The van der Waals surface area contributed by atoms with Crippen molar-refractivity contribution in [2.24, 2.45) is 0 Å².